The first-order valence-corrected chi connectivity index (χ1v) is 6.76. The fourth-order valence-corrected chi connectivity index (χ4v) is 2.37. The second kappa shape index (κ2) is 6.38. The molecule has 0 spiro atoms. The van der Waals surface area contributed by atoms with Crippen LogP contribution in [0.1, 0.15) is 5.69 Å². The molecule has 6 heteroatoms. The van der Waals surface area contributed by atoms with Gasteiger partial charge in [0.05, 0.1) is 13.2 Å². The molecule has 0 saturated carbocycles. The molecule has 1 fully saturated rings. The molecule has 2 aromatic heterocycles. The van der Waals surface area contributed by atoms with Crippen LogP contribution in [0, 0.1) is 5.92 Å². The summed E-state index contributed by atoms with van der Waals surface area (Å²) in [5, 5.41) is 0. The summed E-state index contributed by atoms with van der Waals surface area (Å²) < 4.78 is 5.69. The normalized spacial score (nSPS) is 19.6. The SMILES string of the molecule is c1cnc(N2CCOCC(Cc3ccncn3)C2)nc1. The lowest BCUT2D eigenvalue weighted by atomic mass is 10.0. The van der Waals surface area contributed by atoms with Gasteiger partial charge in [-0.15, -0.1) is 0 Å². The van der Waals surface area contributed by atoms with E-state index in [1.807, 2.05) is 12.1 Å². The first kappa shape index (κ1) is 12.9. The smallest absolute Gasteiger partial charge is 0.225 e. The van der Waals surface area contributed by atoms with Crippen molar-refractivity contribution in [1.82, 2.24) is 19.9 Å². The molecule has 0 N–H and O–H groups in total. The quantitative estimate of drug-likeness (QED) is 0.828. The molecule has 1 atom stereocenters. The highest BCUT2D eigenvalue weighted by Gasteiger charge is 2.21. The van der Waals surface area contributed by atoms with Crippen LogP contribution in [-0.4, -0.2) is 46.2 Å². The zero-order chi connectivity index (χ0) is 13.6. The third kappa shape index (κ3) is 3.27. The van der Waals surface area contributed by atoms with Crippen LogP contribution in [-0.2, 0) is 11.2 Å². The Labute approximate surface area is 117 Å². The molecule has 20 heavy (non-hydrogen) atoms. The summed E-state index contributed by atoms with van der Waals surface area (Å²) in [7, 11) is 0. The number of hydrogen-bond donors (Lipinski definition) is 0. The first-order chi connectivity index (χ1) is 9.92. The molecule has 0 radical (unpaired) electrons. The molecule has 3 heterocycles. The zero-order valence-corrected chi connectivity index (χ0v) is 11.2. The minimum atomic E-state index is 0.385. The molecule has 1 aliphatic rings. The maximum Gasteiger partial charge on any atom is 0.225 e. The molecule has 3 rings (SSSR count). The van der Waals surface area contributed by atoms with Crippen LogP contribution in [0.15, 0.2) is 37.1 Å². The van der Waals surface area contributed by atoms with Gasteiger partial charge < -0.3 is 9.64 Å². The minimum Gasteiger partial charge on any atom is -0.379 e. The molecular weight excluding hydrogens is 254 g/mol. The van der Waals surface area contributed by atoms with Crippen LogP contribution >= 0.6 is 0 Å². The second-order valence-electron chi connectivity index (χ2n) is 4.84. The fourth-order valence-electron chi connectivity index (χ4n) is 2.37. The Bertz CT molecular complexity index is 522. The van der Waals surface area contributed by atoms with Crippen LogP contribution in [0.2, 0.25) is 0 Å². The Morgan fingerprint density at radius 2 is 2.10 bits per heavy atom. The summed E-state index contributed by atoms with van der Waals surface area (Å²) in [5.41, 5.74) is 1.05. The molecule has 0 aliphatic carbocycles. The maximum absolute atomic E-state index is 5.69. The average Bonchev–Trinajstić information content (AvgIpc) is 2.75. The Morgan fingerprint density at radius 1 is 1.20 bits per heavy atom. The van der Waals surface area contributed by atoms with E-state index < -0.39 is 0 Å². The molecule has 0 aromatic carbocycles. The van der Waals surface area contributed by atoms with Crippen LogP contribution in [0.3, 0.4) is 0 Å². The standard InChI is InChI=1S/C14H17N5O/c1-3-16-14(17-4-1)19-6-7-20-10-12(9-19)8-13-2-5-15-11-18-13/h1-5,11-12H,6-10H2. The highest BCUT2D eigenvalue weighted by molar-refractivity contribution is 5.28. The molecule has 1 saturated heterocycles. The van der Waals surface area contributed by atoms with Gasteiger partial charge in [0.1, 0.15) is 6.33 Å². The predicted octanol–water partition coefficient (Wildman–Crippen LogP) is 0.962. The lowest BCUT2D eigenvalue weighted by Crippen LogP contribution is -2.32. The van der Waals surface area contributed by atoms with E-state index >= 15 is 0 Å². The molecule has 0 amide bonds. The topological polar surface area (TPSA) is 64.0 Å². The summed E-state index contributed by atoms with van der Waals surface area (Å²) in [6.45, 7) is 3.16. The van der Waals surface area contributed by atoms with Gasteiger partial charge >= 0.3 is 0 Å². The number of ether oxygens (including phenoxy) is 1. The molecular formula is C14H17N5O. The van der Waals surface area contributed by atoms with Crippen LogP contribution in [0.5, 0.6) is 0 Å². The minimum absolute atomic E-state index is 0.385. The summed E-state index contributed by atoms with van der Waals surface area (Å²) >= 11 is 0. The molecule has 0 bridgehead atoms. The van der Waals surface area contributed by atoms with Crippen molar-refractivity contribution in [3.63, 3.8) is 0 Å². The molecule has 6 nitrogen and oxygen atoms in total. The largest absolute Gasteiger partial charge is 0.379 e. The third-order valence-corrected chi connectivity index (χ3v) is 3.31. The monoisotopic (exact) mass is 271 g/mol. The van der Waals surface area contributed by atoms with E-state index in [0.29, 0.717) is 12.5 Å². The Kier molecular flexibility index (Phi) is 4.13. The summed E-state index contributed by atoms with van der Waals surface area (Å²) in [4.78, 5) is 19.0. The van der Waals surface area contributed by atoms with E-state index in [1.54, 1.807) is 24.9 Å². The van der Waals surface area contributed by atoms with Crippen molar-refractivity contribution >= 4 is 5.95 Å². The average molecular weight is 271 g/mol. The van der Waals surface area contributed by atoms with E-state index in [-0.39, 0.29) is 0 Å². The van der Waals surface area contributed by atoms with Gasteiger partial charge in [-0.2, -0.15) is 0 Å². The van der Waals surface area contributed by atoms with Crippen molar-refractivity contribution in [2.24, 2.45) is 5.92 Å². The van der Waals surface area contributed by atoms with Crippen molar-refractivity contribution in [2.75, 3.05) is 31.2 Å². The van der Waals surface area contributed by atoms with Crippen molar-refractivity contribution < 1.29 is 4.74 Å². The Hall–Kier alpha value is -2.08. The first-order valence-electron chi connectivity index (χ1n) is 6.76. The number of aromatic nitrogens is 4. The van der Waals surface area contributed by atoms with Gasteiger partial charge in [0.2, 0.25) is 5.95 Å². The molecule has 104 valence electrons. The fraction of sp³-hybridized carbons (Fsp3) is 0.429. The van der Waals surface area contributed by atoms with Crippen molar-refractivity contribution in [3.05, 3.63) is 42.7 Å². The molecule has 1 unspecified atom stereocenters. The van der Waals surface area contributed by atoms with Crippen molar-refractivity contribution in [3.8, 4) is 0 Å². The molecule has 1 aliphatic heterocycles. The van der Waals surface area contributed by atoms with Gasteiger partial charge in [-0.3, -0.25) is 0 Å². The second-order valence-corrected chi connectivity index (χ2v) is 4.84. The van der Waals surface area contributed by atoms with E-state index in [0.717, 1.165) is 37.8 Å². The van der Waals surface area contributed by atoms with Crippen LogP contribution in [0.25, 0.3) is 0 Å². The van der Waals surface area contributed by atoms with Crippen LogP contribution < -0.4 is 4.90 Å². The van der Waals surface area contributed by atoms with E-state index in [4.69, 9.17) is 4.74 Å². The number of anilines is 1. The number of rotatable bonds is 3. The van der Waals surface area contributed by atoms with Gasteiger partial charge in [-0.25, -0.2) is 19.9 Å². The van der Waals surface area contributed by atoms with Crippen LogP contribution in [0.4, 0.5) is 5.95 Å². The summed E-state index contributed by atoms with van der Waals surface area (Å²) in [6.07, 6.45) is 7.79. The van der Waals surface area contributed by atoms with Crippen molar-refractivity contribution in [1.29, 1.82) is 0 Å². The van der Waals surface area contributed by atoms with Gasteiger partial charge in [0.25, 0.3) is 0 Å². The predicted molar refractivity (Wildman–Crippen MR) is 74.3 cm³/mol. The Balaban J connectivity index is 1.69. The zero-order valence-electron chi connectivity index (χ0n) is 11.2. The van der Waals surface area contributed by atoms with Gasteiger partial charge in [-0.1, -0.05) is 0 Å². The maximum atomic E-state index is 5.69. The highest BCUT2D eigenvalue weighted by atomic mass is 16.5. The van der Waals surface area contributed by atoms with Gasteiger partial charge in [0, 0.05) is 43.3 Å². The van der Waals surface area contributed by atoms with Gasteiger partial charge in [0.15, 0.2) is 0 Å². The lowest BCUT2D eigenvalue weighted by molar-refractivity contribution is 0.123. The lowest BCUT2D eigenvalue weighted by Gasteiger charge is -2.23. The summed E-state index contributed by atoms with van der Waals surface area (Å²) in [5.74, 6) is 1.15. The number of nitrogens with zero attached hydrogens (tertiary/aromatic N) is 5. The van der Waals surface area contributed by atoms with E-state index in [9.17, 15) is 0 Å². The third-order valence-electron chi connectivity index (χ3n) is 3.31. The Morgan fingerprint density at radius 3 is 2.90 bits per heavy atom. The van der Waals surface area contributed by atoms with Gasteiger partial charge in [-0.05, 0) is 18.6 Å². The summed E-state index contributed by atoms with van der Waals surface area (Å²) in [6, 6.07) is 3.78. The van der Waals surface area contributed by atoms with E-state index in [2.05, 4.69) is 24.8 Å². The number of hydrogen-bond acceptors (Lipinski definition) is 6. The van der Waals surface area contributed by atoms with E-state index in [1.165, 1.54) is 0 Å². The molecule has 2 aromatic rings. The highest BCUT2D eigenvalue weighted by Crippen LogP contribution is 2.15. The van der Waals surface area contributed by atoms with Crippen molar-refractivity contribution in [2.45, 2.75) is 6.42 Å².